The van der Waals surface area contributed by atoms with Gasteiger partial charge in [0, 0.05) is 24.0 Å². The Hall–Kier alpha value is -3.66. The smallest absolute Gasteiger partial charge is 0.358 e. The lowest BCUT2D eigenvalue weighted by atomic mass is 10.1. The molecule has 3 aromatic rings. The third kappa shape index (κ3) is 4.50. The van der Waals surface area contributed by atoms with Gasteiger partial charge in [-0.25, -0.2) is 17.9 Å². The van der Waals surface area contributed by atoms with Crippen LogP contribution in [0.25, 0.3) is 5.69 Å². The third-order valence-electron chi connectivity index (χ3n) is 4.96. The molecule has 1 fully saturated rings. The van der Waals surface area contributed by atoms with Gasteiger partial charge in [0.25, 0.3) is 5.91 Å². The Kier molecular flexibility index (Phi) is 5.95. The monoisotopic (exact) mass is 454 g/mol. The summed E-state index contributed by atoms with van der Waals surface area (Å²) in [5, 5.41) is 7.00. The van der Waals surface area contributed by atoms with Crippen molar-refractivity contribution in [1.82, 2.24) is 9.78 Å². The summed E-state index contributed by atoms with van der Waals surface area (Å²) in [6.07, 6.45) is 2.22. The summed E-state index contributed by atoms with van der Waals surface area (Å²) in [5.74, 6) is -0.716. The van der Waals surface area contributed by atoms with E-state index in [2.05, 4.69) is 10.4 Å². The quantitative estimate of drug-likeness (QED) is 0.574. The van der Waals surface area contributed by atoms with Crippen LogP contribution in [-0.4, -0.2) is 49.0 Å². The Labute approximate surface area is 185 Å². The van der Waals surface area contributed by atoms with Crippen LogP contribution in [0.5, 0.6) is 0 Å². The Morgan fingerprint density at radius 3 is 2.56 bits per heavy atom. The molecular weight excluding hydrogens is 432 g/mol. The molecule has 0 radical (unpaired) electrons. The summed E-state index contributed by atoms with van der Waals surface area (Å²) >= 11 is 0. The van der Waals surface area contributed by atoms with Crippen LogP contribution in [0.4, 0.5) is 11.4 Å². The van der Waals surface area contributed by atoms with Crippen molar-refractivity contribution in [3.05, 3.63) is 72.1 Å². The van der Waals surface area contributed by atoms with E-state index in [4.69, 9.17) is 4.74 Å². The van der Waals surface area contributed by atoms with Crippen LogP contribution in [0.3, 0.4) is 0 Å². The van der Waals surface area contributed by atoms with Crippen LogP contribution in [-0.2, 0) is 14.8 Å². The standard InChI is InChI=1S/C22H22N4O5S/c1-2-31-22(28)20-11-13-25(24-20)18-9-7-17(8-10-18)23-21(27)16-5-3-6-19(15-16)26-12-4-14-32(26,29)30/h3,5-11,13,15H,2,4,12,14H2,1H3,(H,23,27). The van der Waals surface area contributed by atoms with Gasteiger partial charge in [0.15, 0.2) is 5.69 Å². The zero-order chi connectivity index (χ0) is 22.7. The molecule has 2 aromatic carbocycles. The maximum absolute atomic E-state index is 12.7. The zero-order valence-electron chi connectivity index (χ0n) is 17.4. The van der Waals surface area contributed by atoms with Crippen LogP contribution in [0.15, 0.2) is 60.8 Å². The minimum Gasteiger partial charge on any atom is -0.461 e. The highest BCUT2D eigenvalue weighted by molar-refractivity contribution is 7.93. The van der Waals surface area contributed by atoms with E-state index in [0.717, 1.165) is 0 Å². The summed E-state index contributed by atoms with van der Waals surface area (Å²) < 4.78 is 32.1. The van der Waals surface area contributed by atoms with Crippen LogP contribution in [0.2, 0.25) is 0 Å². The third-order valence-corrected chi connectivity index (χ3v) is 6.83. The number of esters is 1. The van der Waals surface area contributed by atoms with Gasteiger partial charge in [-0.15, -0.1) is 0 Å². The van der Waals surface area contributed by atoms with Crippen molar-refractivity contribution in [3.8, 4) is 5.69 Å². The van der Waals surface area contributed by atoms with Gasteiger partial charge in [0.05, 0.1) is 23.7 Å². The van der Waals surface area contributed by atoms with E-state index in [9.17, 15) is 18.0 Å². The van der Waals surface area contributed by atoms with E-state index in [-0.39, 0.29) is 24.0 Å². The number of nitrogens with one attached hydrogen (secondary N) is 1. The number of carbonyl (C=O) groups is 2. The van der Waals surface area contributed by atoms with E-state index in [0.29, 0.717) is 35.6 Å². The summed E-state index contributed by atoms with van der Waals surface area (Å²) in [6.45, 7) is 2.42. The molecule has 0 aliphatic carbocycles. The van der Waals surface area contributed by atoms with Crippen LogP contribution in [0, 0.1) is 0 Å². The SMILES string of the molecule is CCOC(=O)c1ccn(-c2ccc(NC(=O)c3cccc(N4CCCS4(=O)=O)c3)cc2)n1. The number of anilines is 2. The van der Waals surface area contributed by atoms with Gasteiger partial charge in [0.2, 0.25) is 10.0 Å². The van der Waals surface area contributed by atoms with Crippen molar-refractivity contribution in [2.45, 2.75) is 13.3 Å². The van der Waals surface area contributed by atoms with Gasteiger partial charge in [-0.3, -0.25) is 9.10 Å². The van der Waals surface area contributed by atoms with E-state index in [1.165, 1.54) is 8.99 Å². The molecule has 1 saturated heterocycles. The molecule has 1 N–H and O–H groups in total. The van der Waals surface area contributed by atoms with Gasteiger partial charge < -0.3 is 10.1 Å². The average molecular weight is 455 g/mol. The molecule has 1 aromatic heterocycles. The molecular formula is C22H22N4O5S. The van der Waals surface area contributed by atoms with E-state index in [1.807, 2.05) is 0 Å². The van der Waals surface area contributed by atoms with Crippen molar-refractivity contribution in [3.63, 3.8) is 0 Å². The number of hydrogen-bond donors (Lipinski definition) is 1. The second kappa shape index (κ2) is 8.83. The Balaban J connectivity index is 1.46. The maximum Gasteiger partial charge on any atom is 0.358 e. The second-order valence-electron chi connectivity index (χ2n) is 7.16. The van der Waals surface area contributed by atoms with E-state index < -0.39 is 16.0 Å². The maximum atomic E-state index is 12.7. The number of amides is 1. The molecule has 166 valence electrons. The van der Waals surface area contributed by atoms with Crippen molar-refractivity contribution >= 4 is 33.3 Å². The molecule has 4 rings (SSSR count). The molecule has 0 bridgehead atoms. The molecule has 9 nitrogen and oxygen atoms in total. The second-order valence-corrected chi connectivity index (χ2v) is 9.17. The van der Waals surface area contributed by atoms with E-state index >= 15 is 0 Å². The van der Waals surface area contributed by atoms with Crippen molar-refractivity contribution in [2.24, 2.45) is 0 Å². The first-order valence-electron chi connectivity index (χ1n) is 10.1. The minimum absolute atomic E-state index is 0.118. The Bertz CT molecular complexity index is 1250. The lowest BCUT2D eigenvalue weighted by molar-refractivity contribution is 0.0518. The lowest BCUT2D eigenvalue weighted by Gasteiger charge is -2.17. The first-order chi connectivity index (χ1) is 15.4. The molecule has 1 aliphatic heterocycles. The zero-order valence-corrected chi connectivity index (χ0v) is 18.2. The van der Waals surface area contributed by atoms with Gasteiger partial charge in [0.1, 0.15) is 0 Å². The van der Waals surface area contributed by atoms with Gasteiger partial charge in [-0.2, -0.15) is 5.10 Å². The summed E-state index contributed by atoms with van der Waals surface area (Å²) in [5.41, 5.74) is 2.33. The largest absolute Gasteiger partial charge is 0.461 e. The van der Waals surface area contributed by atoms with Crippen molar-refractivity contribution < 1.29 is 22.7 Å². The lowest BCUT2D eigenvalue weighted by Crippen LogP contribution is -2.25. The normalized spacial score (nSPS) is 14.8. The van der Waals surface area contributed by atoms with E-state index in [1.54, 1.807) is 67.7 Å². The fraction of sp³-hybridized carbons (Fsp3) is 0.227. The van der Waals surface area contributed by atoms with Crippen LogP contribution in [0.1, 0.15) is 34.2 Å². The first-order valence-corrected chi connectivity index (χ1v) is 11.7. The Morgan fingerprint density at radius 2 is 1.88 bits per heavy atom. The predicted molar refractivity (Wildman–Crippen MR) is 120 cm³/mol. The molecule has 0 spiro atoms. The number of aromatic nitrogens is 2. The highest BCUT2D eigenvalue weighted by Crippen LogP contribution is 2.25. The fourth-order valence-corrected chi connectivity index (χ4v) is 4.97. The Morgan fingerprint density at radius 1 is 1.09 bits per heavy atom. The van der Waals surface area contributed by atoms with Gasteiger partial charge in [-0.1, -0.05) is 6.07 Å². The molecule has 0 saturated carbocycles. The molecule has 10 heteroatoms. The van der Waals surface area contributed by atoms with Gasteiger partial charge >= 0.3 is 5.97 Å². The number of sulfonamides is 1. The molecule has 0 atom stereocenters. The first kappa shape index (κ1) is 21.6. The highest BCUT2D eigenvalue weighted by Gasteiger charge is 2.28. The summed E-state index contributed by atoms with van der Waals surface area (Å²) in [6, 6.07) is 15.1. The number of benzene rings is 2. The van der Waals surface area contributed by atoms with Crippen molar-refractivity contribution in [1.29, 1.82) is 0 Å². The molecule has 1 amide bonds. The number of rotatable bonds is 6. The highest BCUT2D eigenvalue weighted by atomic mass is 32.2. The number of hydrogen-bond acceptors (Lipinski definition) is 6. The topological polar surface area (TPSA) is 111 Å². The molecule has 0 unspecified atom stereocenters. The van der Waals surface area contributed by atoms with Crippen LogP contribution >= 0.6 is 0 Å². The fourth-order valence-electron chi connectivity index (χ4n) is 3.41. The van der Waals surface area contributed by atoms with Crippen molar-refractivity contribution in [2.75, 3.05) is 28.5 Å². The number of ether oxygens (including phenoxy) is 1. The number of carbonyl (C=O) groups excluding carboxylic acids is 2. The average Bonchev–Trinajstić information content (AvgIpc) is 3.41. The summed E-state index contributed by atoms with van der Waals surface area (Å²) in [7, 11) is -3.32. The molecule has 32 heavy (non-hydrogen) atoms. The predicted octanol–water partition coefficient (Wildman–Crippen LogP) is 2.84. The van der Waals surface area contributed by atoms with Crippen LogP contribution < -0.4 is 9.62 Å². The minimum atomic E-state index is -3.32. The summed E-state index contributed by atoms with van der Waals surface area (Å²) in [4.78, 5) is 24.5. The molecule has 2 heterocycles. The van der Waals surface area contributed by atoms with Gasteiger partial charge in [-0.05, 0) is 61.9 Å². The molecule has 1 aliphatic rings. The number of nitrogens with zero attached hydrogens (tertiary/aromatic N) is 3.